The maximum Gasteiger partial charge on any atom is 0.257 e. The zero-order valence-electron chi connectivity index (χ0n) is 12.1. The van der Waals surface area contributed by atoms with E-state index >= 15 is 0 Å². The molecule has 0 aliphatic rings. The molecule has 0 atom stereocenters. The Kier molecular flexibility index (Phi) is 5.74. The highest BCUT2D eigenvalue weighted by Crippen LogP contribution is 2.25. The van der Waals surface area contributed by atoms with Crippen molar-refractivity contribution in [1.29, 1.82) is 0 Å². The largest absolute Gasteiger partial charge is 0.296 e. The topological polar surface area (TPSA) is 101 Å². The van der Waals surface area contributed by atoms with Crippen LogP contribution in [0.25, 0.3) is 0 Å². The van der Waals surface area contributed by atoms with E-state index in [1.165, 1.54) is 47.4 Å². The molecule has 0 saturated carbocycles. The Labute approximate surface area is 142 Å². The highest BCUT2D eigenvalue weighted by molar-refractivity contribution is 8.01. The lowest BCUT2D eigenvalue weighted by Crippen LogP contribution is -2.12. The molecule has 2 N–H and O–H groups in total. The minimum atomic E-state index is -3.34. The summed E-state index contributed by atoms with van der Waals surface area (Å²) in [4.78, 5) is 12.1. The molecule has 1 amide bonds. The summed E-state index contributed by atoms with van der Waals surface area (Å²) in [7, 11) is -3.34. The first-order valence-corrected chi connectivity index (χ1v) is 10.0. The van der Waals surface area contributed by atoms with Crippen LogP contribution in [0.2, 0.25) is 0 Å². The molecule has 0 bridgehead atoms. The van der Waals surface area contributed by atoms with Crippen molar-refractivity contribution < 1.29 is 13.2 Å². The lowest BCUT2D eigenvalue weighted by Gasteiger charge is -2.05. The summed E-state index contributed by atoms with van der Waals surface area (Å²) in [5.41, 5.74) is 0.780. The van der Waals surface area contributed by atoms with Crippen molar-refractivity contribution in [2.45, 2.75) is 4.34 Å². The van der Waals surface area contributed by atoms with E-state index in [2.05, 4.69) is 26.8 Å². The molecule has 0 aliphatic heterocycles. The van der Waals surface area contributed by atoms with E-state index in [1.54, 1.807) is 6.08 Å². The third kappa shape index (κ3) is 5.66. The fraction of sp³-hybridized carbons (Fsp3) is 0.154. The fourth-order valence-corrected chi connectivity index (χ4v) is 3.59. The molecule has 1 aromatic heterocycles. The SMILES string of the molecule is C=CCSc1nnc(NC(=O)c2ccc(NS(C)(=O)=O)cc2)s1. The van der Waals surface area contributed by atoms with Gasteiger partial charge in [0, 0.05) is 17.0 Å². The second kappa shape index (κ2) is 7.57. The molecule has 0 aliphatic carbocycles. The molecule has 0 saturated heterocycles. The van der Waals surface area contributed by atoms with Gasteiger partial charge in [0.2, 0.25) is 15.2 Å². The van der Waals surface area contributed by atoms with E-state index in [0.717, 1.165) is 16.3 Å². The highest BCUT2D eigenvalue weighted by atomic mass is 32.2. The number of rotatable bonds is 7. The number of thioether (sulfide) groups is 1. The van der Waals surface area contributed by atoms with Crippen LogP contribution in [0.4, 0.5) is 10.8 Å². The number of hydrogen-bond acceptors (Lipinski definition) is 7. The molecule has 2 rings (SSSR count). The predicted octanol–water partition coefficient (Wildman–Crippen LogP) is 2.44. The number of amides is 1. The third-order valence-corrected chi connectivity index (χ3v) is 4.98. The molecule has 10 heteroatoms. The van der Waals surface area contributed by atoms with Gasteiger partial charge in [0.25, 0.3) is 5.91 Å². The van der Waals surface area contributed by atoms with Crippen molar-refractivity contribution in [2.24, 2.45) is 0 Å². The first kappa shape index (κ1) is 17.4. The lowest BCUT2D eigenvalue weighted by molar-refractivity contribution is 0.102. The van der Waals surface area contributed by atoms with Crippen molar-refractivity contribution in [3.63, 3.8) is 0 Å². The second-order valence-corrected chi connectivity index (χ2v) is 8.37. The predicted molar refractivity (Wildman–Crippen MR) is 93.7 cm³/mol. The summed E-state index contributed by atoms with van der Waals surface area (Å²) < 4.78 is 25.3. The van der Waals surface area contributed by atoms with Gasteiger partial charge in [-0.15, -0.1) is 16.8 Å². The number of sulfonamides is 1. The summed E-state index contributed by atoms with van der Waals surface area (Å²) >= 11 is 2.76. The fourth-order valence-electron chi connectivity index (χ4n) is 1.52. The van der Waals surface area contributed by atoms with Crippen molar-refractivity contribution in [3.8, 4) is 0 Å². The quantitative estimate of drug-likeness (QED) is 0.441. The zero-order chi connectivity index (χ0) is 16.9. The standard InChI is InChI=1S/C13H14N4O3S3/c1-3-8-21-13-16-15-12(22-13)14-11(18)9-4-6-10(7-5-9)17-23(2,19)20/h3-7,17H,1,8H2,2H3,(H,14,15,18). The molecule has 0 radical (unpaired) electrons. The number of nitrogens with one attached hydrogen (secondary N) is 2. The summed E-state index contributed by atoms with van der Waals surface area (Å²) in [5, 5.41) is 10.9. The molecule has 23 heavy (non-hydrogen) atoms. The van der Waals surface area contributed by atoms with Gasteiger partial charge < -0.3 is 0 Å². The Bertz CT molecular complexity index is 800. The Morgan fingerprint density at radius 2 is 2.04 bits per heavy atom. The van der Waals surface area contributed by atoms with Gasteiger partial charge in [-0.25, -0.2) is 8.42 Å². The minimum absolute atomic E-state index is 0.340. The van der Waals surface area contributed by atoms with Crippen LogP contribution in [0.15, 0.2) is 41.3 Å². The number of anilines is 2. The van der Waals surface area contributed by atoms with E-state index in [1.807, 2.05) is 0 Å². The van der Waals surface area contributed by atoms with Gasteiger partial charge in [-0.1, -0.05) is 29.2 Å². The molecular weight excluding hydrogens is 356 g/mol. The van der Waals surface area contributed by atoms with E-state index in [-0.39, 0.29) is 5.91 Å². The number of benzene rings is 1. The molecule has 0 spiro atoms. The van der Waals surface area contributed by atoms with Gasteiger partial charge in [0.1, 0.15) is 0 Å². The Morgan fingerprint density at radius 3 is 2.65 bits per heavy atom. The lowest BCUT2D eigenvalue weighted by atomic mass is 10.2. The number of carbonyl (C=O) groups is 1. The van der Waals surface area contributed by atoms with Crippen molar-refractivity contribution in [2.75, 3.05) is 22.0 Å². The van der Waals surface area contributed by atoms with E-state index in [4.69, 9.17) is 0 Å². The Morgan fingerprint density at radius 1 is 1.35 bits per heavy atom. The summed E-state index contributed by atoms with van der Waals surface area (Å²) in [6, 6.07) is 6.08. The van der Waals surface area contributed by atoms with Gasteiger partial charge in [-0.05, 0) is 24.3 Å². The summed E-state index contributed by atoms with van der Waals surface area (Å²) in [5.74, 6) is 0.379. The average Bonchev–Trinajstić information content (AvgIpc) is 2.91. The molecule has 122 valence electrons. The van der Waals surface area contributed by atoms with Crippen molar-refractivity contribution in [3.05, 3.63) is 42.5 Å². The zero-order valence-corrected chi connectivity index (χ0v) is 14.6. The maximum atomic E-state index is 12.1. The van der Waals surface area contributed by atoms with Crippen LogP contribution in [-0.2, 0) is 10.0 Å². The third-order valence-electron chi connectivity index (χ3n) is 2.40. The molecular formula is C13H14N4O3S3. The molecule has 0 fully saturated rings. The molecule has 0 unspecified atom stereocenters. The number of carbonyl (C=O) groups excluding carboxylic acids is 1. The van der Waals surface area contributed by atoms with Crippen LogP contribution in [-0.4, -0.2) is 36.5 Å². The number of hydrogen-bond donors (Lipinski definition) is 2. The van der Waals surface area contributed by atoms with Crippen LogP contribution in [0.5, 0.6) is 0 Å². The van der Waals surface area contributed by atoms with E-state index in [0.29, 0.717) is 16.4 Å². The number of aromatic nitrogens is 2. The molecule has 1 heterocycles. The minimum Gasteiger partial charge on any atom is -0.296 e. The Balaban J connectivity index is 2.00. The van der Waals surface area contributed by atoms with E-state index < -0.39 is 10.0 Å². The van der Waals surface area contributed by atoms with Gasteiger partial charge in [-0.2, -0.15) is 0 Å². The van der Waals surface area contributed by atoms with Crippen LogP contribution < -0.4 is 10.0 Å². The Hall–Kier alpha value is -1.91. The van der Waals surface area contributed by atoms with Crippen molar-refractivity contribution in [1.82, 2.24) is 10.2 Å². The smallest absolute Gasteiger partial charge is 0.257 e. The number of nitrogens with zero attached hydrogens (tertiary/aromatic N) is 2. The average molecular weight is 370 g/mol. The van der Waals surface area contributed by atoms with Crippen LogP contribution >= 0.6 is 23.1 Å². The van der Waals surface area contributed by atoms with Gasteiger partial charge in [0.05, 0.1) is 6.26 Å². The van der Waals surface area contributed by atoms with Crippen LogP contribution in [0.1, 0.15) is 10.4 Å². The highest BCUT2D eigenvalue weighted by Gasteiger charge is 2.11. The van der Waals surface area contributed by atoms with Gasteiger partial charge in [0.15, 0.2) is 4.34 Å². The molecule has 1 aromatic carbocycles. The van der Waals surface area contributed by atoms with E-state index in [9.17, 15) is 13.2 Å². The summed E-state index contributed by atoms with van der Waals surface area (Å²) in [6.45, 7) is 3.62. The van der Waals surface area contributed by atoms with Gasteiger partial charge >= 0.3 is 0 Å². The maximum absolute atomic E-state index is 12.1. The van der Waals surface area contributed by atoms with Gasteiger partial charge in [-0.3, -0.25) is 14.8 Å². The molecule has 2 aromatic rings. The second-order valence-electron chi connectivity index (χ2n) is 4.38. The monoisotopic (exact) mass is 370 g/mol. The normalized spacial score (nSPS) is 11.0. The van der Waals surface area contributed by atoms with Crippen molar-refractivity contribution >= 4 is 49.8 Å². The summed E-state index contributed by atoms with van der Waals surface area (Å²) in [6.07, 6.45) is 2.82. The van der Waals surface area contributed by atoms with Crippen LogP contribution in [0.3, 0.4) is 0 Å². The molecule has 7 nitrogen and oxygen atoms in total. The first-order chi connectivity index (χ1) is 10.9. The first-order valence-electron chi connectivity index (χ1n) is 6.34. The van der Waals surface area contributed by atoms with Crippen LogP contribution in [0, 0.1) is 0 Å².